The third kappa shape index (κ3) is 6.47. The predicted molar refractivity (Wildman–Crippen MR) is 139 cm³/mol. The molecule has 0 spiro atoms. The summed E-state index contributed by atoms with van der Waals surface area (Å²) in [7, 11) is 0. The van der Waals surface area contributed by atoms with Crippen LogP contribution in [0.2, 0.25) is 0 Å². The minimum absolute atomic E-state index is 0.0195. The maximum Gasteiger partial charge on any atom is 0.416 e. The van der Waals surface area contributed by atoms with E-state index in [9.17, 15) is 22.4 Å². The van der Waals surface area contributed by atoms with E-state index in [1.807, 2.05) is 0 Å². The van der Waals surface area contributed by atoms with Gasteiger partial charge in [0.05, 0.1) is 17.8 Å². The summed E-state index contributed by atoms with van der Waals surface area (Å²) < 4.78 is 70.0. The highest BCUT2D eigenvalue weighted by Crippen LogP contribution is 2.38. The van der Waals surface area contributed by atoms with Crippen LogP contribution < -0.4 is 10.2 Å². The SMILES string of the molecule is O=C(O)CN1CCN(c2ncnc(Nc3nc(-c4cc(F)cc(C(F)(F)F)c4)c(CN4CCCC4)s3)c2F)CC1. The molecule has 3 aromatic rings. The van der Waals surface area contributed by atoms with Crippen LogP contribution in [-0.4, -0.2) is 81.6 Å². The van der Waals surface area contributed by atoms with Gasteiger partial charge in [0.2, 0.25) is 5.82 Å². The summed E-state index contributed by atoms with van der Waals surface area (Å²) in [6.07, 6.45) is -1.55. The molecule has 2 saturated heterocycles. The maximum atomic E-state index is 15.5. The number of carboxylic acid groups (broad SMARTS) is 1. The minimum Gasteiger partial charge on any atom is -0.480 e. The summed E-state index contributed by atoms with van der Waals surface area (Å²) in [6.45, 7) is 3.51. The molecule has 4 heterocycles. The van der Waals surface area contributed by atoms with Crippen LogP contribution in [0, 0.1) is 11.6 Å². The Morgan fingerprint density at radius 2 is 1.73 bits per heavy atom. The summed E-state index contributed by atoms with van der Waals surface area (Å²) in [4.78, 5) is 29.7. The van der Waals surface area contributed by atoms with Gasteiger partial charge in [0, 0.05) is 43.2 Å². The molecule has 2 fully saturated rings. The van der Waals surface area contributed by atoms with Gasteiger partial charge in [0.25, 0.3) is 0 Å². The quantitative estimate of drug-likeness (QED) is 0.373. The first-order valence-corrected chi connectivity index (χ1v) is 13.5. The van der Waals surface area contributed by atoms with Gasteiger partial charge in [0.15, 0.2) is 16.8 Å². The number of carboxylic acids is 1. The lowest BCUT2D eigenvalue weighted by Gasteiger charge is -2.34. The topological polar surface area (TPSA) is 97.7 Å². The number of nitrogens with one attached hydrogen (secondary N) is 1. The van der Waals surface area contributed by atoms with Crippen LogP contribution >= 0.6 is 11.3 Å². The molecule has 15 heteroatoms. The zero-order valence-electron chi connectivity index (χ0n) is 21.2. The number of alkyl halides is 3. The number of rotatable bonds is 8. The molecular weight excluding hydrogens is 557 g/mol. The first-order valence-electron chi connectivity index (χ1n) is 12.6. The molecule has 214 valence electrons. The molecule has 2 N–H and O–H groups in total. The smallest absolute Gasteiger partial charge is 0.416 e. The molecule has 0 bridgehead atoms. The van der Waals surface area contributed by atoms with Crippen molar-refractivity contribution in [3.8, 4) is 11.3 Å². The van der Waals surface area contributed by atoms with Gasteiger partial charge in [-0.2, -0.15) is 17.6 Å². The van der Waals surface area contributed by atoms with Gasteiger partial charge in [-0.25, -0.2) is 19.3 Å². The van der Waals surface area contributed by atoms with Crippen molar-refractivity contribution in [2.24, 2.45) is 0 Å². The van der Waals surface area contributed by atoms with Crippen LogP contribution in [0.15, 0.2) is 24.5 Å². The van der Waals surface area contributed by atoms with E-state index >= 15 is 4.39 Å². The highest BCUT2D eigenvalue weighted by atomic mass is 32.1. The van der Waals surface area contributed by atoms with E-state index in [-0.39, 0.29) is 34.6 Å². The van der Waals surface area contributed by atoms with Crippen molar-refractivity contribution in [1.82, 2.24) is 24.8 Å². The number of aliphatic carboxylic acids is 1. The number of thiazole rings is 1. The number of benzene rings is 1. The van der Waals surface area contributed by atoms with E-state index in [4.69, 9.17) is 5.11 Å². The molecule has 0 amide bonds. The van der Waals surface area contributed by atoms with Crippen molar-refractivity contribution in [2.75, 3.05) is 56.0 Å². The van der Waals surface area contributed by atoms with Crippen LogP contribution in [0.4, 0.5) is 38.7 Å². The molecule has 0 unspecified atom stereocenters. The van der Waals surface area contributed by atoms with Gasteiger partial charge in [-0.05, 0) is 44.1 Å². The molecule has 0 aliphatic carbocycles. The number of piperazine rings is 1. The Morgan fingerprint density at radius 3 is 2.40 bits per heavy atom. The van der Waals surface area contributed by atoms with Gasteiger partial charge in [-0.3, -0.25) is 14.6 Å². The van der Waals surface area contributed by atoms with Crippen LogP contribution in [0.1, 0.15) is 23.3 Å². The van der Waals surface area contributed by atoms with Gasteiger partial charge >= 0.3 is 12.1 Å². The molecule has 9 nitrogen and oxygen atoms in total. The van der Waals surface area contributed by atoms with Crippen LogP contribution in [0.3, 0.4) is 0 Å². The molecule has 0 atom stereocenters. The summed E-state index contributed by atoms with van der Waals surface area (Å²) in [6, 6.07) is 2.31. The second-order valence-electron chi connectivity index (χ2n) is 9.64. The number of aromatic nitrogens is 3. The number of halogens is 5. The fourth-order valence-electron chi connectivity index (χ4n) is 4.85. The standard InChI is InChI=1S/C25H26F5N7O2S/c26-17-10-15(9-16(11-17)25(28,29)30)21-18(12-35-3-1-2-4-35)40-24(33-21)34-22-20(27)23(32-14-31-22)37-7-5-36(6-8-37)13-19(38)39/h9-11,14H,1-8,12-13H2,(H,38,39)(H,31,32,33,34). The fraction of sp³-hybridized carbons (Fsp3) is 0.440. The Kier molecular flexibility index (Phi) is 8.14. The van der Waals surface area contributed by atoms with E-state index in [1.165, 1.54) is 6.33 Å². The zero-order chi connectivity index (χ0) is 28.4. The highest BCUT2D eigenvalue weighted by molar-refractivity contribution is 7.16. The van der Waals surface area contributed by atoms with Gasteiger partial charge in [0.1, 0.15) is 12.1 Å². The minimum atomic E-state index is -4.73. The van der Waals surface area contributed by atoms with E-state index in [1.54, 1.807) is 9.80 Å². The second-order valence-corrected chi connectivity index (χ2v) is 10.7. The lowest BCUT2D eigenvalue weighted by molar-refractivity contribution is -0.139. The Labute approximate surface area is 230 Å². The number of anilines is 3. The Morgan fingerprint density at radius 1 is 1.00 bits per heavy atom. The van der Waals surface area contributed by atoms with Gasteiger partial charge < -0.3 is 15.3 Å². The molecule has 5 rings (SSSR count). The average Bonchev–Trinajstić information content (AvgIpc) is 3.55. The second kappa shape index (κ2) is 11.6. The first kappa shape index (κ1) is 28.1. The van der Waals surface area contributed by atoms with Crippen molar-refractivity contribution in [1.29, 1.82) is 0 Å². The van der Waals surface area contributed by atoms with Crippen LogP contribution in [0.25, 0.3) is 11.3 Å². The summed E-state index contributed by atoms with van der Waals surface area (Å²) in [5.41, 5.74) is -0.949. The zero-order valence-corrected chi connectivity index (χ0v) is 22.0. The summed E-state index contributed by atoms with van der Waals surface area (Å²) in [5, 5.41) is 12.0. The number of carbonyl (C=O) groups is 1. The van der Waals surface area contributed by atoms with Crippen molar-refractivity contribution in [2.45, 2.75) is 25.6 Å². The maximum absolute atomic E-state index is 15.5. The Bertz CT molecular complexity index is 1370. The molecule has 0 saturated carbocycles. The van der Waals surface area contributed by atoms with E-state index in [0.29, 0.717) is 43.7 Å². The van der Waals surface area contributed by atoms with Crippen molar-refractivity contribution < 1.29 is 31.9 Å². The molecule has 2 aliphatic rings. The van der Waals surface area contributed by atoms with Crippen LogP contribution in [0.5, 0.6) is 0 Å². The molecule has 2 aromatic heterocycles. The van der Waals surface area contributed by atoms with E-state index in [2.05, 4.69) is 25.2 Å². The molecule has 1 aromatic carbocycles. The third-order valence-electron chi connectivity index (χ3n) is 6.79. The lowest BCUT2D eigenvalue weighted by atomic mass is 10.1. The summed E-state index contributed by atoms with van der Waals surface area (Å²) in [5.74, 6) is -2.83. The van der Waals surface area contributed by atoms with Crippen molar-refractivity contribution >= 4 is 34.1 Å². The third-order valence-corrected chi connectivity index (χ3v) is 7.74. The normalized spacial score (nSPS) is 17.0. The average molecular weight is 584 g/mol. The predicted octanol–water partition coefficient (Wildman–Crippen LogP) is 4.44. The summed E-state index contributed by atoms with van der Waals surface area (Å²) >= 11 is 1.14. The van der Waals surface area contributed by atoms with Crippen molar-refractivity contribution in [3.05, 3.63) is 46.6 Å². The van der Waals surface area contributed by atoms with Crippen molar-refractivity contribution in [3.63, 3.8) is 0 Å². The van der Waals surface area contributed by atoms with E-state index in [0.717, 1.165) is 49.4 Å². The van der Waals surface area contributed by atoms with Gasteiger partial charge in [-0.15, -0.1) is 0 Å². The van der Waals surface area contributed by atoms with E-state index < -0.39 is 29.3 Å². The Hall–Kier alpha value is -3.43. The molecular formula is C25H26F5N7O2S. The largest absolute Gasteiger partial charge is 0.480 e. The Balaban J connectivity index is 1.42. The molecule has 40 heavy (non-hydrogen) atoms. The highest BCUT2D eigenvalue weighted by Gasteiger charge is 2.32. The van der Waals surface area contributed by atoms with Gasteiger partial charge in [-0.1, -0.05) is 11.3 Å². The molecule has 0 radical (unpaired) electrons. The molecule has 2 aliphatic heterocycles. The monoisotopic (exact) mass is 583 g/mol. The first-order chi connectivity index (χ1) is 19.1. The van der Waals surface area contributed by atoms with Crippen LogP contribution in [-0.2, 0) is 17.5 Å². The fourth-order valence-corrected chi connectivity index (χ4v) is 5.88. The number of likely N-dealkylation sites (tertiary alicyclic amines) is 1. The lowest BCUT2D eigenvalue weighted by Crippen LogP contribution is -2.48. The number of nitrogens with zero attached hydrogens (tertiary/aromatic N) is 6. The number of hydrogen-bond acceptors (Lipinski definition) is 9. The number of hydrogen-bond donors (Lipinski definition) is 2.